The molecule has 0 bridgehead atoms. The molecule has 1 aromatic carbocycles. The summed E-state index contributed by atoms with van der Waals surface area (Å²) in [6.45, 7) is 4.15. The maximum Gasteiger partial charge on any atom is 0.169 e. The molecule has 0 saturated carbocycles. The average molecular weight is 220 g/mol. The molecule has 0 heterocycles. The number of phenolic OH excluding ortho intramolecular Hbond substituents is 1. The number of hydrogen-bond acceptors (Lipinski definition) is 2. The molecule has 1 N–H and O–H groups in total. The lowest BCUT2D eigenvalue weighted by Gasteiger charge is -2.13. The van der Waals surface area contributed by atoms with Gasteiger partial charge in [0.15, 0.2) is 5.78 Å². The van der Waals surface area contributed by atoms with E-state index >= 15 is 0 Å². The quantitative estimate of drug-likeness (QED) is 0.740. The Morgan fingerprint density at radius 1 is 1.31 bits per heavy atom. The Labute approximate surface area is 97.3 Å². The number of hydrogen-bond donors (Lipinski definition) is 1. The summed E-state index contributed by atoms with van der Waals surface area (Å²) < 4.78 is 0. The van der Waals surface area contributed by atoms with Crippen LogP contribution in [0.25, 0.3) is 0 Å². The Balaban J connectivity index is 2.79. The Morgan fingerprint density at radius 3 is 2.56 bits per heavy atom. The minimum atomic E-state index is 0.0493. The van der Waals surface area contributed by atoms with Crippen molar-refractivity contribution in [3.63, 3.8) is 0 Å². The molecular formula is C14H20O2. The second kappa shape index (κ2) is 6.31. The minimum Gasteiger partial charge on any atom is -0.507 e. The predicted molar refractivity (Wildman–Crippen MR) is 65.7 cm³/mol. The number of ketones is 1. The van der Waals surface area contributed by atoms with E-state index in [1.54, 1.807) is 24.3 Å². The molecule has 0 aromatic heterocycles. The van der Waals surface area contributed by atoms with Crippen molar-refractivity contribution in [1.29, 1.82) is 0 Å². The molecule has 1 aromatic rings. The zero-order chi connectivity index (χ0) is 12.0. The zero-order valence-corrected chi connectivity index (χ0v) is 10.1. The van der Waals surface area contributed by atoms with Gasteiger partial charge in [0.2, 0.25) is 0 Å². The van der Waals surface area contributed by atoms with E-state index in [0.717, 1.165) is 25.7 Å². The SMILES string of the molecule is CCCCC(CC)C(=O)c1ccccc1O. The first-order valence-electron chi connectivity index (χ1n) is 6.02. The van der Waals surface area contributed by atoms with Crippen molar-refractivity contribution in [1.82, 2.24) is 0 Å². The van der Waals surface area contributed by atoms with Crippen LogP contribution in [0.3, 0.4) is 0 Å². The van der Waals surface area contributed by atoms with Crippen molar-refractivity contribution in [2.24, 2.45) is 5.92 Å². The molecule has 0 aliphatic carbocycles. The number of rotatable bonds is 6. The fourth-order valence-electron chi connectivity index (χ4n) is 1.87. The molecular weight excluding hydrogens is 200 g/mol. The number of Topliss-reactive ketones (excluding diaryl/α,β-unsaturated/α-hetero) is 1. The number of unbranched alkanes of at least 4 members (excludes halogenated alkanes) is 1. The molecule has 0 fully saturated rings. The maximum absolute atomic E-state index is 12.1. The molecule has 88 valence electrons. The van der Waals surface area contributed by atoms with Crippen LogP contribution in [0.1, 0.15) is 49.9 Å². The van der Waals surface area contributed by atoms with Crippen LogP contribution in [-0.4, -0.2) is 10.9 Å². The van der Waals surface area contributed by atoms with Crippen LogP contribution in [0.15, 0.2) is 24.3 Å². The number of para-hydroxylation sites is 1. The fourth-order valence-corrected chi connectivity index (χ4v) is 1.87. The van der Waals surface area contributed by atoms with Crippen molar-refractivity contribution < 1.29 is 9.90 Å². The van der Waals surface area contributed by atoms with E-state index in [1.165, 1.54) is 0 Å². The van der Waals surface area contributed by atoms with Crippen LogP contribution < -0.4 is 0 Å². The molecule has 0 radical (unpaired) electrons. The number of carbonyl (C=O) groups excluding carboxylic acids is 1. The van der Waals surface area contributed by atoms with Crippen LogP contribution >= 0.6 is 0 Å². The van der Waals surface area contributed by atoms with Gasteiger partial charge >= 0.3 is 0 Å². The lowest BCUT2D eigenvalue weighted by molar-refractivity contribution is 0.0905. The topological polar surface area (TPSA) is 37.3 Å². The van der Waals surface area contributed by atoms with Crippen LogP contribution in [0.2, 0.25) is 0 Å². The molecule has 16 heavy (non-hydrogen) atoms. The third kappa shape index (κ3) is 3.09. The first kappa shape index (κ1) is 12.8. The smallest absolute Gasteiger partial charge is 0.169 e. The van der Waals surface area contributed by atoms with Crippen LogP contribution in [-0.2, 0) is 0 Å². The normalized spacial score (nSPS) is 12.4. The van der Waals surface area contributed by atoms with Crippen molar-refractivity contribution in [3.8, 4) is 5.75 Å². The van der Waals surface area contributed by atoms with Gasteiger partial charge in [0, 0.05) is 5.92 Å². The first-order chi connectivity index (χ1) is 7.70. The van der Waals surface area contributed by atoms with E-state index in [4.69, 9.17) is 0 Å². The molecule has 1 atom stereocenters. The summed E-state index contributed by atoms with van der Waals surface area (Å²) >= 11 is 0. The highest BCUT2D eigenvalue weighted by molar-refractivity contribution is 6.00. The van der Waals surface area contributed by atoms with Crippen molar-refractivity contribution in [2.75, 3.05) is 0 Å². The van der Waals surface area contributed by atoms with E-state index in [0.29, 0.717) is 5.56 Å². The Bertz CT molecular complexity index is 344. The van der Waals surface area contributed by atoms with E-state index in [2.05, 4.69) is 6.92 Å². The maximum atomic E-state index is 12.1. The van der Waals surface area contributed by atoms with Gasteiger partial charge in [0.25, 0.3) is 0 Å². The Hall–Kier alpha value is -1.31. The highest BCUT2D eigenvalue weighted by Crippen LogP contribution is 2.24. The molecule has 0 aliphatic heterocycles. The zero-order valence-electron chi connectivity index (χ0n) is 10.1. The molecule has 2 heteroatoms. The summed E-state index contributed by atoms with van der Waals surface area (Å²) in [6, 6.07) is 6.80. The van der Waals surface area contributed by atoms with Gasteiger partial charge < -0.3 is 5.11 Å². The van der Waals surface area contributed by atoms with Gasteiger partial charge in [-0.25, -0.2) is 0 Å². The van der Waals surface area contributed by atoms with E-state index in [1.807, 2.05) is 6.92 Å². The number of phenols is 1. The second-order valence-electron chi connectivity index (χ2n) is 4.13. The summed E-state index contributed by atoms with van der Waals surface area (Å²) in [4.78, 5) is 12.1. The predicted octanol–water partition coefficient (Wildman–Crippen LogP) is 3.79. The molecule has 1 unspecified atom stereocenters. The first-order valence-corrected chi connectivity index (χ1v) is 6.02. The Morgan fingerprint density at radius 2 is 2.00 bits per heavy atom. The molecule has 0 saturated heterocycles. The summed E-state index contributed by atoms with van der Waals surface area (Å²) in [6.07, 6.45) is 3.93. The van der Waals surface area contributed by atoms with Gasteiger partial charge in [0.05, 0.1) is 5.56 Å². The van der Waals surface area contributed by atoms with Gasteiger partial charge in [-0.1, -0.05) is 38.8 Å². The summed E-state index contributed by atoms with van der Waals surface area (Å²) in [5.74, 6) is 0.227. The number of aromatic hydroxyl groups is 1. The van der Waals surface area contributed by atoms with Crippen LogP contribution in [0.5, 0.6) is 5.75 Å². The highest BCUT2D eigenvalue weighted by Gasteiger charge is 2.19. The second-order valence-corrected chi connectivity index (χ2v) is 4.13. The Kier molecular flexibility index (Phi) is 5.03. The molecule has 1 rings (SSSR count). The number of benzene rings is 1. The van der Waals surface area contributed by atoms with Crippen molar-refractivity contribution in [2.45, 2.75) is 39.5 Å². The van der Waals surface area contributed by atoms with Crippen LogP contribution in [0.4, 0.5) is 0 Å². The molecule has 0 aliphatic rings. The summed E-state index contributed by atoms with van der Waals surface area (Å²) in [7, 11) is 0. The van der Waals surface area contributed by atoms with E-state index in [-0.39, 0.29) is 17.5 Å². The average Bonchev–Trinajstić information content (AvgIpc) is 2.30. The standard InChI is InChI=1S/C14H20O2/c1-3-5-8-11(4-2)14(16)12-9-6-7-10-13(12)15/h6-7,9-11,15H,3-5,8H2,1-2H3. The van der Waals surface area contributed by atoms with Crippen LogP contribution in [0, 0.1) is 5.92 Å². The lowest BCUT2D eigenvalue weighted by atomic mass is 9.90. The lowest BCUT2D eigenvalue weighted by Crippen LogP contribution is -2.14. The molecule has 2 nitrogen and oxygen atoms in total. The van der Waals surface area contributed by atoms with Gasteiger partial charge in [-0.05, 0) is 25.0 Å². The van der Waals surface area contributed by atoms with E-state index in [9.17, 15) is 9.90 Å². The van der Waals surface area contributed by atoms with Gasteiger partial charge in [-0.2, -0.15) is 0 Å². The van der Waals surface area contributed by atoms with Crippen molar-refractivity contribution in [3.05, 3.63) is 29.8 Å². The number of carbonyl (C=O) groups is 1. The third-order valence-electron chi connectivity index (χ3n) is 2.94. The molecule has 0 spiro atoms. The summed E-state index contributed by atoms with van der Waals surface area (Å²) in [5.41, 5.74) is 0.463. The largest absolute Gasteiger partial charge is 0.507 e. The van der Waals surface area contributed by atoms with Gasteiger partial charge in [-0.3, -0.25) is 4.79 Å². The van der Waals surface area contributed by atoms with Crippen molar-refractivity contribution >= 4 is 5.78 Å². The summed E-state index contributed by atoms with van der Waals surface area (Å²) in [5, 5.41) is 9.63. The van der Waals surface area contributed by atoms with E-state index < -0.39 is 0 Å². The molecule has 0 amide bonds. The minimum absolute atomic E-state index is 0.0493. The fraction of sp³-hybridized carbons (Fsp3) is 0.500. The van der Waals surface area contributed by atoms with Gasteiger partial charge in [0.1, 0.15) is 5.75 Å². The highest BCUT2D eigenvalue weighted by atomic mass is 16.3. The van der Waals surface area contributed by atoms with Gasteiger partial charge in [-0.15, -0.1) is 0 Å². The monoisotopic (exact) mass is 220 g/mol. The third-order valence-corrected chi connectivity index (χ3v) is 2.94.